The predicted octanol–water partition coefficient (Wildman–Crippen LogP) is 17.8. The Morgan fingerprint density at radius 2 is 0.500 bits per heavy atom. The van der Waals surface area contributed by atoms with Gasteiger partial charge in [-0.2, -0.15) is 0 Å². The summed E-state index contributed by atoms with van der Waals surface area (Å²) >= 11 is 0. The van der Waals surface area contributed by atoms with Crippen molar-refractivity contribution >= 4 is 39.5 Å². The van der Waals surface area contributed by atoms with E-state index in [9.17, 15) is 43.2 Å². The van der Waals surface area contributed by atoms with Crippen LogP contribution in [-0.2, 0) is 65.4 Å². The molecule has 0 aromatic carbocycles. The molecule has 0 rings (SSSR count). The van der Waals surface area contributed by atoms with E-state index in [0.29, 0.717) is 31.6 Å². The molecule has 17 nitrogen and oxygen atoms in total. The monoisotopic (exact) mass is 1240 g/mol. The molecule has 5 atom stereocenters. The summed E-state index contributed by atoms with van der Waals surface area (Å²) in [6, 6.07) is 0. The molecular weight excluding hydrogens is 1110 g/mol. The van der Waals surface area contributed by atoms with Crippen LogP contribution in [0.25, 0.3) is 0 Å². The Bertz CT molecular complexity index is 1680. The first kappa shape index (κ1) is 82.1. The maximum absolute atomic E-state index is 13.0. The zero-order valence-corrected chi connectivity index (χ0v) is 56.3. The van der Waals surface area contributed by atoms with Crippen LogP contribution in [0.5, 0.6) is 0 Å². The summed E-state index contributed by atoms with van der Waals surface area (Å²) in [5, 5.41) is 10.5. The average molecular weight is 1240 g/mol. The summed E-state index contributed by atoms with van der Waals surface area (Å²) < 4.78 is 68.0. The quantitative estimate of drug-likeness (QED) is 0.0222. The van der Waals surface area contributed by atoms with Crippen molar-refractivity contribution in [2.75, 3.05) is 39.6 Å². The van der Waals surface area contributed by atoms with Crippen LogP contribution >= 0.6 is 15.6 Å². The van der Waals surface area contributed by atoms with Crippen LogP contribution in [0, 0.1) is 23.7 Å². The lowest BCUT2D eigenvalue weighted by Gasteiger charge is -2.21. The van der Waals surface area contributed by atoms with E-state index in [1.807, 2.05) is 0 Å². The number of carbonyl (C=O) groups excluding carboxylic acids is 4. The van der Waals surface area contributed by atoms with Gasteiger partial charge in [-0.05, 0) is 49.4 Å². The Balaban J connectivity index is 5.25. The summed E-state index contributed by atoms with van der Waals surface area (Å²) in [4.78, 5) is 72.2. The number of ether oxygens (including phenoxy) is 4. The van der Waals surface area contributed by atoms with E-state index in [1.54, 1.807) is 0 Å². The molecule has 3 N–H and O–H groups in total. The Labute approximate surface area is 511 Å². The molecular formula is C65H126O17P2. The van der Waals surface area contributed by atoms with Gasteiger partial charge >= 0.3 is 39.5 Å². The Hall–Kier alpha value is -1.94. The number of esters is 4. The second kappa shape index (κ2) is 55.2. The van der Waals surface area contributed by atoms with E-state index in [1.165, 1.54) is 109 Å². The molecule has 2 unspecified atom stereocenters. The number of phosphoric acid groups is 2. The first-order chi connectivity index (χ1) is 40.1. The molecule has 0 saturated carbocycles. The number of unbranched alkanes of at least 4 members (excludes halogenated alkanes) is 28. The second-order valence-electron chi connectivity index (χ2n) is 25.4. The Morgan fingerprint density at radius 3 is 0.738 bits per heavy atom. The normalized spacial score (nSPS) is 14.4. The van der Waals surface area contributed by atoms with Crippen molar-refractivity contribution in [1.82, 2.24) is 0 Å². The number of phosphoric ester groups is 2. The molecule has 0 spiro atoms. The molecule has 0 aliphatic carbocycles. The van der Waals surface area contributed by atoms with Crippen LogP contribution < -0.4 is 0 Å². The summed E-state index contributed by atoms with van der Waals surface area (Å²) in [5.41, 5.74) is 0. The third-order valence-corrected chi connectivity index (χ3v) is 16.7. The molecule has 0 radical (unpaired) electrons. The van der Waals surface area contributed by atoms with Crippen LogP contribution in [0.3, 0.4) is 0 Å². The molecule has 84 heavy (non-hydrogen) atoms. The Morgan fingerprint density at radius 1 is 0.298 bits per heavy atom. The summed E-state index contributed by atoms with van der Waals surface area (Å²) in [6.45, 7) is 13.9. The molecule has 0 fully saturated rings. The summed E-state index contributed by atoms with van der Waals surface area (Å²) in [6.07, 6.45) is 35.0. The number of hydrogen-bond donors (Lipinski definition) is 3. The second-order valence-corrected chi connectivity index (χ2v) is 28.3. The highest BCUT2D eigenvalue weighted by Gasteiger charge is 2.30. The maximum Gasteiger partial charge on any atom is 0.472 e. The van der Waals surface area contributed by atoms with Crippen LogP contribution in [0.4, 0.5) is 0 Å². The molecule has 0 heterocycles. The van der Waals surface area contributed by atoms with Gasteiger partial charge in [0.25, 0.3) is 0 Å². The number of carbonyl (C=O) groups is 4. The highest BCUT2D eigenvalue weighted by atomic mass is 31.2. The average Bonchev–Trinajstić information content (AvgIpc) is 3.49. The minimum absolute atomic E-state index is 0.103. The largest absolute Gasteiger partial charge is 0.472 e. The van der Waals surface area contributed by atoms with Crippen molar-refractivity contribution < 1.29 is 80.2 Å². The summed E-state index contributed by atoms with van der Waals surface area (Å²) in [7, 11) is -9.89. The lowest BCUT2D eigenvalue weighted by Crippen LogP contribution is -2.30. The van der Waals surface area contributed by atoms with Crippen LogP contribution in [0.15, 0.2) is 0 Å². The SMILES string of the molecule is CC(C)CCCCCCCCCCCC(=O)OC[C@H](COP(=O)(O)OC[C@@H](O)COP(=O)(O)OC[C@@H](COC(=O)CCCCCCCCC(C)C)OC(=O)CCCCCCCCCCCC(C)C)OC(=O)CCCCCCCCCCC(C)C. The fourth-order valence-corrected chi connectivity index (χ4v) is 11.2. The van der Waals surface area contributed by atoms with E-state index in [4.69, 9.17) is 37.0 Å². The standard InChI is InChI=1S/C65H126O17P2/c1-55(2)41-33-25-17-11-9-13-20-29-37-45-62(67)75-51-60(82-65(70)48-40-32-22-16-15-19-27-35-43-57(5)6)53-79-83(71,72)77-49-59(66)50-78-84(73,74)80-54-61(52-76-63(68)46-38-30-24-23-28-36-44-58(7)8)81-64(69)47-39-31-21-14-10-12-18-26-34-42-56(3)4/h55-61,66H,9-54H2,1-8H3,(H,71,72)(H,73,74)/t59-,60-,61-/m1/s1. The van der Waals surface area contributed by atoms with Gasteiger partial charge in [-0.15, -0.1) is 0 Å². The van der Waals surface area contributed by atoms with Crippen molar-refractivity contribution in [3.63, 3.8) is 0 Å². The van der Waals surface area contributed by atoms with Crippen molar-refractivity contribution in [1.29, 1.82) is 0 Å². The van der Waals surface area contributed by atoms with Crippen molar-refractivity contribution in [2.24, 2.45) is 23.7 Å². The molecule has 0 amide bonds. The molecule has 19 heteroatoms. The van der Waals surface area contributed by atoms with Gasteiger partial charge in [-0.25, -0.2) is 9.13 Å². The van der Waals surface area contributed by atoms with Gasteiger partial charge in [0.2, 0.25) is 0 Å². The number of aliphatic hydroxyl groups excluding tert-OH is 1. The van der Waals surface area contributed by atoms with E-state index in [2.05, 4.69) is 55.4 Å². The fourth-order valence-electron chi connectivity index (χ4n) is 9.61. The highest BCUT2D eigenvalue weighted by Crippen LogP contribution is 2.45. The minimum Gasteiger partial charge on any atom is -0.462 e. The van der Waals surface area contributed by atoms with E-state index < -0.39 is 97.5 Å². The third-order valence-electron chi connectivity index (χ3n) is 14.8. The molecule has 0 aliphatic rings. The number of rotatable bonds is 62. The van der Waals surface area contributed by atoms with E-state index >= 15 is 0 Å². The zero-order valence-electron chi connectivity index (χ0n) is 54.5. The lowest BCUT2D eigenvalue weighted by molar-refractivity contribution is -0.161. The predicted molar refractivity (Wildman–Crippen MR) is 335 cm³/mol. The Kier molecular flexibility index (Phi) is 53.9. The van der Waals surface area contributed by atoms with Gasteiger partial charge in [-0.1, -0.05) is 261 Å². The lowest BCUT2D eigenvalue weighted by atomic mass is 10.0. The molecule has 0 saturated heterocycles. The minimum atomic E-state index is -4.95. The van der Waals surface area contributed by atoms with Gasteiger partial charge in [0, 0.05) is 25.7 Å². The first-order valence-corrected chi connectivity index (χ1v) is 36.7. The highest BCUT2D eigenvalue weighted by molar-refractivity contribution is 7.47. The van der Waals surface area contributed by atoms with Crippen LogP contribution in [0.1, 0.15) is 312 Å². The van der Waals surface area contributed by atoms with Crippen LogP contribution in [0.2, 0.25) is 0 Å². The smallest absolute Gasteiger partial charge is 0.462 e. The summed E-state index contributed by atoms with van der Waals surface area (Å²) in [5.74, 6) is 0.738. The van der Waals surface area contributed by atoms with Crippen molar-refractivity contribution in [2.45, 2.75) is 331 Å². The molecule has 0 aliphatic heterocycles. The van der Waals surface area contributed by atoms with E-state index in [-0.39, 0.29) is 25.7 Å². The fraction of sp³-hybridized carbons (Fsp3) is 0.938. The number of hydrogen-bond acceptors (Lipinski definition) is 15. The zero-order chi connectivity index (χ0) is 62.5. The third kappa shape index (κ3) is 59.0. The molecule has 0 aromatic rings. The van der Waals surface area contributed by atoms with Gasteiger partial charge in [0.15, 0.2) is 12.2 Å². The van der Waals surface area contributed by atoms with Crippen molar-refractivity contribution in [3.05, 3.63) is 0 Å². The van der Waals surface area contributed by atoms with Gasteiger partial charge in [-0.3, -0.25) is 37.3 Å². The van der Waals surface area contributed by atoms with Crippen LogP contribution in [-0.4, -0.2) is 96.7 Å². The van der Waals surface area contributed by atoms with Gasteiger partial charge in [0.1, 0.15) is 19.3 Å². The van der Waals surface area contributed by atoms with E-state index in [0.717, 1.165) is 114 Å². The molecule has 0 aromatic heterocycles. The molecule has 498 valence electrons. The first-order valence-electron chi connectivity index (χ1n) is 33.7. The van der Waals surface area contributed by atoms with Crippen molar-refractivity contribution in [3.8, 4) is 0 Å². The molecule has 0 bridgehead atoms. The maximum atomic E-state index is 13.0. The van der Waals surface area contributed by atoms with Gasteiger partial charge < -0.3 is 33.8 Å². The van der Waals surface area contributed by atoms with Gasteiger partial charge in [0.05, 0.1) is 26.4 Å². The topological polar surface area (TPSA) is 237 Å². The number of aliphatic hydroxyl groups is 1.